The van der Waals surface area contributed by atoms with Gasteiger partial charge in [0.15, 0.2) is 5.82 Å². The fraction of sp³-hybridized carbons (Fsp3) is 0.538. The molecule has 0 unspecified atom stereocenters. The number of pyridine rings is 1. The molecule has 2 N–H and O–H groups in total. The average molecular weight is 251 g/mol. The fourth-order valence-electron chi connectivity index (χ4n) is 1.84. The van der Waals surface area contributed by atoms with Gasteiger partial charge in [0.1, 0.15) is 0 Å². The molecule has 0 bridgehead atoms. The van der Waals surface area contributed by atoms with Crippen LogP contribution in [0.25, 0.3) is 0 Å². The normalized spacial score (nSPS) is 11.2. The van der Waals surface area contributed by atoms with E-state index in [1.165, 1.54) is 7.11 Å². The zero-order chi connectivity index (χ0) is 13.9. The summed E-state index contributed by atoms with van der Waals surface area (Å²) in [4.78, 5) is 17.7. The van der Waals surface area contributed by atoms with Crippen LogP contribution in [0.2, 0.25) is 0 Å². The predicted octanol–water partition coefficient (Wildman–Crippen LogP) is 1.93. The Hall–Kier alpha value is -1.78. The van der Waals surface area contributed by atoms with Gasteiger partial charge in [-0.1, -0.05) is 20.8 Å². The molecule has 18 heavy (non-hydrogen) atoms. The molecule has 0 saturated heterocycles. The standard InChI is InChI=1S/C13H21N3O2/c1-13(2,3)8-16(4)11-10(14)9(6-7-15-11)12(17)18-5/h6-7H,8,14H2,1-5H3. The van der Waals surface area contributed by atoms with Gasteiger partial charge in [-0.2, -0.15) is 0 Å². The number of esters is 1. The van der Waals surface area contributed by atoms with Gasteiger partial charge in [-0.05, 0) is 11.5 Å². The van der Waals surface area contributed by atoms with Gasteiger partial charge in [0.25, 0.3) is 0 Å². The molecule has 1 aromatic heterocycles. The highest BCUT2D eigenvalue weighted by molar-refractivity contribution is 5.97. The molecule has 0 aliphatic heterocycles. The molecular weight excluding hydrogens is 230 g/mol. The van der Waals surface area contributed by atoms with Crippen molar-refractivity contribution in [1.82, 2.24) is 4.98 Å². The topological polar surface area (TPSA) is 68.5 Å². The molecule has 0 spiro atoms. The van der Waals surface area contributed by atoms with Crippen LogP contribution in [0.4, 0.5) is 11.5 Å². The van der Waals surface area contributed by atoms with Crippen LogP contribution in [-0.4, -0.2) is 31.7 Å². The first-order valence-corrected chi connectivity index (χ1v) is 5.80. The Balaban J connectivity index is 3.07. The van der Waals surface area contributed by atoms with E-state index in [1.54, 1.807) is 12.3 Å². The first kappa shape index (κ1) is 14.3. The minimum atomic E-state index is -0.444. The van der Waals surface area contributed by atoms with Gasteiger partial charge in [-0.25, -0.2) is 9.78 Å². The summed E-state index contributed by atoms with van der Waals surface area (Å²) in [6.07, 6.45) is 1.57. The lowest BCUT2D eigenvalue weighted by Crippen LogP contribution is -2.30. The van der Waals surface area contributed by atoms with E-state index in [-0.39, 0.29) is 5.41 Å². The lowest BCUT2D eigenvalue weighted by atomic mass is 9.96. The summed E-state index contributed by atoms with van der Waals surface area (Å²) in [7, 11) is 3.24. The summed E-state index contributed by atoms with van der Waals surface area (Å²) < 4.78 is 4.69. The number of carbonyl (C=O) groups is 1. The summed E-state index contributed by atoms with van der Waals surface area (Å²) in [5.41, 5.74) is 6.80. The van der Waals surface area contributed by atoms with E-state index in [0.717, 1.165) is 6.54 Å². The molecule has 0 aliphatic rings. The summed E-state index contributed by atoms with van der Waals surface area (Å²) in [5, 5.41) is 0. The van der Waals surface area contributed by atoms with Crippen LogP contribution in [0.15, 0.2) is 12.3 Å². The van der Waals surface area contributed by atoms with Crippen LogP contribution in [0, 0.1) is 5.41 Å². The second-order valence-electron chi connectivity index (χ2n) is 5.50. The fourth-order valence-corrected chi connectivity index (χ4v) is 1.84. The minimum Gasteiger partial charge on any atom is -0.465 e. The highest BCUT2D eigenvalue weighted by Gasteiger charge is 2.19. The molecule has 1 heterocycles. The summed E-state index contributed by atoms with van der Waals surface area (Å²) in [6.45, 7) is 7.17. The van der Waals surface area contributed by atoms with Gasteiger partial charge in [0.05, 0.1) is 18.4 Å². The van der Waals surface area contributed by atoms with Crippen molar-refractivity contribution < 1.29 is 9.53 Å². The van der Waals surface area contributed by atoms with E-state index >= 15 is 0 Å². The molecule has 0 atom stereocenters. The summed E-state index contributed by atoms with van der Waals surface area (Å²) >= 11 is 0. The van der Waals surface area contributed by atoms with Gasteiger partial charge < -0.3 is 15.4 Å². The zero-order valence-electron chi connectivity index (χ0n) is 11.7. The van der Waals surface area contributed by atoms with Crippen molar-refractivity contribution in [2.45, 2.75) is 20.8 Å². The molecule has 1 rings (SSSR count). The quantitative estimate of drug-likeness (QED) is 0.831. The third kappa shape index (κ3) is 3.35. The maximum atomic E-state index is 11.5. The Morgan fingerprint density at radius 1 is 1.50 bits per heavy atom. The van der Waals surface area contributed by atoms with E-state index in [0.29, 0.717) is 17.1 Å². The molecule has 5 heteroatoms. The molecule has 0 amide bonds. The summed E-state index contributed by atoms with van der Waals surface area (Å²) in [6, 6.07) is 1.57. The van der Waals surface area contributed by atoms with Crippen molar-refractivity contribution in [1.29, 1.82) is 0 Å². The number of nitrogen functional groups attached to an aromatic ring is 1. The second-order valence-corrected chi connectivity index (χ2v) is 5.50. The van der Waals surface area contributed by atoms with Crippen molar-refractivity contribution in [3.8, 4) is 0 Å². The van der Waals surface area contributed by atoms with Gasteiger partial charge in [0, 0.05) is 19.8 Å². The average Bonchev–Trinajstić information content (AvgIpc) is 2.26. The van der Waals surface area contributed by atoms with E-state index in [2.05, 4.69) is 30.5 Å². The Labute approximate surface area is 108 Å². The van der Waals surface area contributed by atoms with E-state index in [1.807, 2.05) is 11.9 Å². The smallest absolute Gasteiger partial charge is 0.340 e. The van der Waals surface area contributed by atoms with Crippen LogP contribution in [0.3, 0.4) is 0 Å². The number of nitrogens with zero attached hydrogens (tertiary/aromatic N) is 2. The Morgan fingerprint density at radius 3 is 2.61 bits per heavy atom. The van der Waals surface area contributed by atoms with E-state index < -0.39 is 5.97 Å². The predicted molar refractivity (Wildman–Crippen MR) is 72.7 cm³/mol. The van der Waals surface area contributed by atoms with Gasteiger partial charge in [-0.15, -0.1) is 0 Å². The number of hydrogen-bond donors (Lipinski definition) is 1. The molecule has 0 aromatic carbocycles. The zero-order valence-corrected chi connectivity index (χ0v) is 11.7. The highest BCUT2D eigenvalue weighted by atomic mass is 16.5. The first-order chi connectivity index (χ1) is 8.26. The molecule has 0 fully saturated rings. The number of rotatable bonds is 3. The van der Waals surface area contributed by atoms with Gasteiger partial charge in [-0.3, -0.25) is 0 Å². The number of carbonyl (C=O) groups excluding carboxylic acids is 1. The van der Waals surface area contributed by atoms with Gasteiger partial charge >= 0.3 is 5.97 Å². The Bertz CT molecular complexity index is 438. The largest absolute Gasteiger partial charge is 0.465 e. The Kier molecular flexibility index (Phi) is 4.16. The maximum absolute atomic E-state index is 11.5. The molecule has 1 aromatic rings. The maximum Gasteiger partial charge on any atom is 0.340 e. The number of anilines is 2. The molecular formula is C13H21N3O2. The highest BCUT2D eigenvalue weighted by Crippen LogP contribution is 2.26. The molecule has 0 saturated carbocycles. The van der Waals surface area contributed by atoms with Crippen molar-refractivity contribution in [2.24, 2.45) is 5.41 Å². The molecule has 5 nitrogen and oxygen atoms in total. The number of ether oxygens (including phenoxy) is 1. The lowest BCUT2D eigenvalue weighted by molar-refractivity contribution is 0.0602. The monoisotopic (exact) mass is 251 g/mol. The van der Waals surface area contributed by atoms with Crippen LogP contribution in [-0.2, 0) is 4.74 Å². The molecule has 0 aliphatic carbocycles. The van der Waals surface area contributed by atoms with E-state index in [4.69, 9.17) is 5.73 Å². The SMILES string of the molecule is COC(=O)c1ccnc(N(C)CC(C)(C)C)c1N. The van der Waals surface area contributed by atoms with Gasteiger partial charge in [0.2, 0.25) is 0 Å². The van der Waals surface area contributed by atoms with Crippen molar-refractivity contribution in [3.05, 3.63) is 17.8 Å². The van der Waals surface area contributed by atoms with Crippen LogP contribution in [0.5, 0.6) is 0 Å². The van der Waals surface area contributed by atoms with Crippen LogP contribution in [0.1, 0.15) is 31.1 Å². The number of nitrogens with two attached hydrogens (primary N) is 1. The van der Waals surface area contributed by atoms with Crippen molar-refractivity contribution in [3.63, 3.8) is 0 Å². The lowest BCUT2D eigenvalue weighted by Gasteiger charge is -2.28. The molecule has 100 valence electrons. The van der Waals surface area contributed by atoms with Crippen LogP contribution < -0.4 is 10.6 Å². The third-order valence-electron chi connectivity index (χ3n) is 2.45. The number of aromatic nitrogens is 1. The van der Waals surface area contributed by atoms with Crippen LogP contribution >= 0.6 is 0 Å². The number of methoxy groups -OCH3 is 1. The number of hydrogen-bond acceptors (Lipinski definition) is 5. The summed E-state index contributed by atoms with van der Waals surface area (Å²) in [5.74, 6) is 0.160. The first-order valence-electron chi connectivity index (χ1n) is 5.80. The van der Waals surface area contributed by atoms with Crippen molar-refractivity contribution >= 4 is 17.5 Å². The molecule has 0 radical (unpaired) electrons. The van der Waals surface area contributed by atoms with Crippen molar-refractivity contribution in [2.75, 3.05) is 31.3 Å². The second kappa shape index (κ2) is 5.25. The van der Waals surface area contributed by atoms with E-state index in [9.17, 15) is 4.79 Å². The minimum absolute atomic E-state index is 0.115. The third-order valence-corrected chi connectivity index (χ3v) is 2.45. The Morgan fingerprint density at radius 2 is 2.11 bits per heavy atom.